The molecule has 0 spiro atoms. The Hall–Kier alpha value is -0.660. The van der Waals surface area contributed by atoms with E-state index in [4.69, 9.17) is 17.3 Å². The van der Waals surface area contributed by atoms with Gasteiger partial charge in [0, 0.05) is 19.6 Å². The number of nitrogens with two attached hydrogens (primary N) is 1. The van der Waals surface area contributed by atoms with Crippen LogP contribution in [0.4, 0.5) is 0 Å². The minimum Gasteiger partial charge on any atom is -0.326 e. The number of hydrogen-bond donors (Lipinski definition) is 2. The molecular formula is C12H20ClN3O2S. The Kier molecular flexibility index (Phi) is 6.22. The van der Waals surface area contributed by atoms with E-state index in [1.54, 1.807) is 12.1 Å². The number of rotatable bonds is 7. The average Bonchev–Trinajstić information content (AvgIpc) is 2.38. The van der Waals surface area contributed by atoms with Crippen molar-refractivity contribution >= 4 is 21.6 Å². The van der Waals surface area contributed by atoms with Gasteiger partial charge in [0.2, 0.25) is 10.0 Å². The smallest absolute Gasteiger partial charge is 0.242 e. The SMILES string of the molecule is CCN(C)CCNS(=O)(=O)c1cc(CN)ccc1Cl. The number of sulfonamides is 1. The standard InChI is InChI=1S/C12H20ClN3O2S/c1-3-16(2)7-6-15-19(17,18)12-8-10(9-14)4-5-11(12)13/h4-5,8,15H,3,6-7,9,14H2,1-2H3. The quantitative estimate of drug-likeness (QED) is 0.789. The van der Waals surface area contributed by atoms with E-state index < -0.39 is 10.0 Å². The first-order valence-electron chi connectivity index (χ1n) is 6.07. The third-order valence-corrected chi connectivity index (χ3v) is 4.79. The molecule has 1 aromatic carbocycles. The minimum atomic E-state index is -3.59. The summed E-state index contributed by atoms with van der Waals surface area (Å²) in [6.07, 6.45) is 0. The van der Waals surface area contributed by atoms with Gasteiger partial charge in [-0.25, -0.2) is 13.1 Å². The van der Waals surface area contributed by atoms with Gasteiger partial charge in [-0.1, -0.05) is 24.6 Å². The van der Waals surface area contributed by atoms with Gasteiger partial charge in [0.25, 0.3) is 0 Å². The topological polar surface area (TPSA) is 75.4 Å². The van der Waals surface area contributed by atoms with Crippen molar-refractivity contribution in [1.29, 1.82) is 0 Å². The molecule has 0 aliphatic heterocycles. The summed E-state index contributed by atoms with van der Waals surface area (Å²) in [6, 6.07) is 4.77. The zero-order chi connectivity index (χ0) is 14.5. The molecule has 0 saturated heterocycles. The number of nitrogens with one attached hydrogen (secondary N) is 1. The summed E-state index contributed by atoms with van der Waals surface area (Å²) in [4.78, 5) is 2.09. The number of benzene rings is 1. The predicted molar refractivity (Wildman–Crippen MR) is 77.7 cm³/mol. The van der Waals surface area contributed by atoms with Crippen LogP contribution in [0.2, 0.25) is 5.02 Å². The van der Waals surface area contributed by atoms with Crippen LogP contribution in [-0.2, 0) is 16.6 Å². The third kappa shape index (κ3) is 4.74. The second-order valence-electron chi connectivity index (χ2n) is 4.26. The van der Waals surface area contributed by atoms with E-state index in [0.717, 1.165) is 12.1 Å². The van der Waals surface area contributed by atoms with E-state index in [-0.39, 0.29) is 16.5 Å². The first kappa shape index (κ1) is 16.4. The third-order valence-electron chi connectivity index (χ3n) is 2.85. The van der Waals surface area contributed by atoms with Crippen molar-refractivity contribution in [1.82, 2.24) is 9.62 Å². The Labute approximate surface area is 119 Å². The van der Waals surface area contributed by atoms with Gasteiger partial charge in [-0.05, 0) is 31.3 Å². The van der Waals surface area contributed by atoms with Gasteiger partial charge in [0.05, 0.1) is 5.02 Å². The van der Waals surface area contributed by atoms with Crippen LogP contribution >= 0.6 is 11.6 Å². The van der Waals surface area contributed by atoms with Crippen LogP contribution in [-0.4, -0.2) is 40.0 Å². The van der Waals surface area contributed by atoms with Gasteiger partial charge in [0.1, 0.15) is 4.90 Å². The van der Waals surface area contributed by atoms with Crippen molar-refractivity contribution in [2.45, 2.75) is 18.4 Å². The lowest BCUT2D eigenvalue weighted by atomic mass is 10.2. The maximum Gasteiger partial charge on any atom is 0.242 e. The van der Waals surface area contributed by atoms with Crippen LogP contribution < -0.4 is 10.5 Å². The molecule has 0 radical (unpaired) electrons. The Morgan fingerprint density at radius 1 is 1.42 bits per heavy atom. The monoisotopic (exact) mass is 305 g/mol. The number of nitrogens with zero attached hydrogens (tertiary/aromatic N) is 1. The molecule has 0 saturated carbocycles. The summed E-state index contributed by atoms with van der Waals surface area (Å²) in [7, 11) is -1.66. The van der Waals surface area contributed by atoms with Crippen LogP contribution in [0.5, 0.6) is 0 Å². The lowest BCUT2D eigenvalue weighted by Crippen LogP contribution is -2.33. The molecule has 0 fully saturated rings. The Morgan fingerprint density at radius 2 is 2.11 bits per heavy atom. The van der Waals surface area contributed by atoms with E-state index >= 15 is 0 Å². The molecule has 3 N–H and O–H groups in total. The minimum absolute atomic E-state index is 0.0799. The van der Waals surface area contributed by atoms with Gasteiger partial charge in [-0.2, -0.15) is 0 Å². The summed E-state index contributed by atoms with van der Waals surface area (Å²) >= 11 is 5.94. The molecule has 108 valence electrons. The van der Waals surface area contributed by atoms with Crippen LogP contribution in [0.15, 0.2) is 23.1 Å². The predicted octanol–water partition coefficient (Wildman–Crippen LogP) is 1.03. The molecule has 0 atom stereocenters. The zero-order valence-electron chi connectivity index (χ0n) is 11.2. The molecule has 0 amide bonds. The second kappa shape index (κ2) is 7.21. The molecule has 1 aromatic rings. The molecule has 0 aliphatic carbocycles. The van der Waals surface area contributed by atoms with E-state index in [1.165, 1.54) is 6.07 Å². The highest BCUT2D eigenvalue weighted by atomic mass is 35.5. The molecule has 7 heteroatoms. The summed E-state index contributed by atoms with van der Waals surface area (Å²) in [5, 5.41) is 0.202. The Balaban J connectivity index is 2.82. The lowest BCUT2D eigenvalue weighted by Gasteiger charge is -2.15. The van der Waals surface area contributed by atoms with Crippen molar-refractivity contribution < 1.29 is 8.42 Å². The van der Waals surface area contributed by atoms with Crippen molar-refractivity contribution in [2.75, 3.05) is 26.7 Å². The van der Waals surface area contributed by atoms with Gasteiger partial charge in [-0.15, -0.1) is 0 Å². The van der Waals surface area contributed by atoms with E-state index in [9.17, 15) is 8.42 Å². The lowest BCUT2D eigenvalue weighted by molar-refractivity contribution is 0.358. The number of likely N-dealkylation sites (N-methyl/N-ethyl adjacent to an activating group) is 1. The average molecular weight is 306 g/mol. The Morgan fingerprint density at radius 3 is 2.68 bits per heavy atom. The van der Waals surface area contributed by atoms with Gasteiger partial charge in [0.15, 0.2) is 0 Å². The molecule has 19 heavy (non-hydrogen) atoms. The van der Waals surface area contributed by atoms with Crippen LogP contribution in [0, 0.1) is 0 Å². The highest BCUT2D eigenvalue weighted by Crippen LogP contribution is 2.22. The van der Waals surface area contributed by atoms with Crippen LogP contribution in [0.25, 0.3) is 0 Å². The number of hydrogen-bond acceptors (Lipinski definition) is 4. The molecular weight excluding hydrogens is 286 g/mol. The maximum atomic E-state index is 12.1. The molecule has 0 aliphatic rings. The molecule has 0 bridgehead atoms. The van der Waals surface area contributed by atoms with E-state index in [1.807, 2.05) is 18.9 Å². The van der Waals surface area contributed by atoms with Crippen molar-refractivity contribution in [3.8, 4) is 0 Å². The van der Waals surface area contributed by atoms with Crippen LogP contribution in [0.3, 0.4) is 0 Å². The number of halogens is 1. The zero-order valence-corrected chi connectivity index (χ0v) is 12.8. The summed E-state index contributed by atoms with van der Waals surface area (Å²) < 4.78 is 26.8. The van der Waals surface area contributed by atoms with Gasteiger partial charge >= 0.3 is 0 Å². The molecule has 0 unspecified atom stereocenters. The van der Waals surface area contributed by atoms with E-state index in [2.05, 4.69) is 4.72 Å². The van der Waals surface area contributed by atoms with Crippen molar-refractivity contribution in [3.05, 3.63) is 28.8 Å². The summed E-state index contributed by atoms with van der Waals surface area (Å²) in [6.45, 7) is 4.14. The fourth-order valence-corrected chi connectivity index (χ4v) is 3.06. The first-order chi connectivity index (χ1) is 8.90. The van der Waals surface area contributed by atoms with E-state index in [0.29, 0.717) is 13.1 Å². The summed E-state index contributed by atoms with van der Waals surface area (Å²) in [5.74, 6) is 0. The van der Waals surface area contributed by atoms with Crippen molar-refractivity contribution in [2.24, 2.45) is 5.73 Å². The molecule has 0 heterocycles. The second-order valence-corrected chi connectivity index (χ2v) is 6.41. The van der Waals surface area contributed by atoms with Gasteiger partial charge < -0.3 is 10.6 Å². The highest BCUT2D eigenvalue weighted by molar-refractivity contribution is 7.89. The first-order valence-corrected chi connectivity index (χ1v) is 7.93. The molecule has 0 aromatic heterocycles. The molecule has 5 nitrogen and oxygen atoms in total. The van der Waals surface area contributed by atoms with Crippen molar-refractivity contribution in [3.63, 3.8) is 0 Å². The highest BCUT2D eigenvalue weighted by Gasteiger charge is 2.17. The molecule has 1 rings (SSSR count). The Bertz CT molecular complexity index is 520. The maximum absolute atomic E-state index is 12.1. The van der Waals surface area contributed by atoms with Gasteiger partial charge in [-0.3, -0.25) is 0 Å². The fourth-order valence-electron chi connectivity index (χ4n) is 1.49. The summed E-state index contributed by atoms with van der Waals surface area (Å²) in [5.41, 5.74) is 6.24. The van der Waals surface area contributed by atoms with Crippen LogP contribution in [0.1, 0.15) is 12.5 Å². The largest absolute Gasteiger partial charge is 0.326 e. The normalized spacial score (nSPS) is 12.1. The fraction of sp³-hybridized carbons (Fsp3) is 0.500.